The quantitative estimate of drug-likeness (QED) is 0.720. The van der Waals surface area contributed by atoms with Crippen molar-refractivity contribution >= 4 is 23.0 Å². The van der Waals surface area contributed by atoms with Crippen LogP contribution in [-0.2, 0) is 6.18 Å². The third-order valence-corrected chi connectivity index (χ3v) is 3.60. The number of alkyl halides is 3. The first-order valence-corrected chi connectivity index (χ1v) is 8.20. The molecule has 2 aromatic rings. The van der Waals surface area contributed by atoms with Gasteiger partial charge in [0.15, 0.2) is 5.11 Å². The molecule has 0 aliphatic carbocycles. The highest BCUT2D eigenvalue weighted by Gasteiger charge is 2.30. The van der Waals surface area contributed by atoms with Crippen LogP contribution in [0.2, 0.25) is 0 Å². The summed E-state index contributed by atoms with van der Waals surface area (Å²) in [6.07, 6.45) is -4.40. The Hall–Kier alpha value is -2.48. The number of halogens is 3. The average Bonchev–Trinajstić information content (AvgIpc) is 2.60. The molecule has 0 aliphatic heterocycles. The van der Waals surface area contributed by atoms with Crippen LogP contribution >= 0.6 is 12.2 Å². The maximum atomic E-state index is 12.7. The third kappa shape index (κ3) is 6.11. The van der Waals surface area contributed by atoms with E-state index in [0.29, 0.717) is 12.4 Å². The van der Waals surface area contributed by atoms with Crippen molar-refractivity contribution in [1.82, 2.24) is 5.32 Å². The zero-order chi connectivity index (χ0) is 19.2. The van der Waals surface area contributed by atoms with Gasteiger partial charge in [0.25, 0.3) is 0 Å². The molecule has 8 heteroatoms. The lowest BCUT2D eigenvalue weighted by Gasteiger charge is -2.18. The second-order valence-corrected chi connectivity index (χ2v) is 5.97. The lowest BCUT2D eigenvalue weighted by Crippen LogP contribution is -2.39. The number of hydrogen-bond donors (Lipinski definition) is 2. The summed E-state index contributed by atoms with van der Waals surface area (Å²) < 4.78 is 48.9. The summed E-state index contributed by atoms with van der Waals surface area (Å²) in [5, 5.41) is 5.93. The molecule has 0 saturated heterocycles. The van der Waals surface area contributed by atoms with E-state index in [1.165, 1.54) is 12.1 Å². The zero-order valence-corrected chi connectivity index (χ0v) is 15.1. The summed E-state index contributed by atoms with van der Waals surface area (Å²) in [4.78, 5) is 0. The second-order valence-electron chi connectivity index (χ2n) is 5.56. The first-order chi connectivity index (χ1) is 12.3. The molecular formula is C18H19F3N2O2S. The summed E-state index contributed by atoms with van der Waals surface area (Å²) in [5.74, 6) is 1.41. The summed E-state index contributed by atoms with van der Waals surface area (Å²) in [6, 6.07) is 11.8. The van der Waals surface area contributed by atoms with E-state index in [1.54, 1.807) is 31.4 Å². The Labute approximate surface area is 155 Å². The van der Waals surface area contributed by atoms with Gasteiger partial charge in [0, 0.05) is 5.69 Å². The van der Waals surface area contributed by atoms with E-state index in [9.17, 15) is 13.2 Å². The summed E-state index contributed by atoms with van der Waals surface area (Å²) >= 11 is 5.14. The van der Waals surface area contributed by atoms with Crippen LogP contribution in [0.4, 0.5) is 18.9 Å². The zero-order valence-electron chi connectivity index (χ0n) is 14.3. The van der Waals surface area contributed by atoms with Crippen molar-refractivity contribution in [2.24, 2.45) is 0 Å². The normalized spacial score (nSPS) is 12.2. The van der Waals surface area contributed by atoms with Gasteiger partial charge < -0.3 is 20.1 Å². The molecule has 0 heterocycles. The van der Waals surface area contributed by atoms with Gasteiger partial charge in [0.05, 0.1) is 18.7 Å². The molecule has 2 aromatic carbocycles. The maximum Gasteiger partial charge on any atom is 0.416 e. The topological polar surface area (TPSA) is 42.5 Å². The molecule has 0 bridgehead atoms. The Balaban J connectivity index is 1.83. The van der Waals surface area contributed by atoms with E-state index in [1.807, 2.05) is 6.92 Å². The van der Waals surface area contributed by atoms with Gasteiger partial charge in [0.1, 0.15) is 18.1 Å². The van der Waals surface area contributed by atoms with Crippen LogP contribution < -0.4 is 20.1 Å². The SMILES string of the molecule is COc1ccc(OC[C@H](C)NC(=S)Nc2cccc(C(F)(F)F)c2)cc1. The molecule has 0 aromatic heterocycles. The van der Waals surface area contributed by atoms with Crippen LogP contribution in [0.25, 0.3) is 0 Å². The van der Waals surface area contributed by atoms with E-state index in [2.05, 4.69) is 10.6 Å². The van der Waals surface area contributed by atoms with Crippen molar-refractivity contribution in [1.29, 1.82) is 0 Å². The molecule has 0 amide bonds. The van der Waals surface area contributed by atoms with Gasteiger partial charge >= 0.3 is 6.18 Å². The van der Waals surface area contributed by atoms with Crippen molar-refractivity contribution in [2.45, 2.75) is 19.1 Å². The Kier molecular flexibility index (Phi) is 6.68. The first-order valence-electron chi connectivity index (χ1n) is 7.79. The van der Waals surface area contributed by atoms with Gasteiger partial charge in [0.2, 0.25) is 0 Å². The molecule has 140 valence electrons. The minimum absolute atomic E-state index is 0.150. The third-order valence-electron chi connectivity index (χ3n) is 3.38. The number of hydrogen-bond acceptors (Lipinski definition) is 3. The highest BCUT2D eigenvalue weighted by atomic mass is 32.1. The van der Waals surface area contributed by atoms with Gasteiger partial charge in [-0.2, -0.15) is 13.2 Å². The van der Waals surface area contributed by atoms with Crippen molar-refractivity contribution in [2.75, 3.05) is 19.0 Å². The van der Waals surface area contributed by atoms with Gasteiger partial charge in [-0.1, -0.05) is 6.07 Å². The highest BCUT2D eigenvalue weighted by molar-refractivity contribution is 7.80. The molecule has 0 saturated carbocycles. The number of methoxy groups -OCH3 is 1. The van der Waals surface area contributed by atoms with Crippen LogP contribution in [0, 0.1) is 0 Å². The fourth-order valence-electron chi connectivity index (χ4n) is 2.10. The Morgan fingerprint density at radius 1 is 1.12 bits per heavy atom. The molecule has 2 N–H and O–H groups in total. The van der Waals surface area contributed by atoms with E-state index in [0.717, 1.165) is 17.9 Å². The molecule has 4 nitrogen and oxygen atoms in total. The molecule has 0 radical (unpaired) electrons. The minimum Gasteiger partial charge on any atom is -0.497 e. The summed E-state index contributed by atoms with van der Waals surface area (Å²) in [5.41, 5.74) is -0.471. The van der Waals surface area contributed by atoms with E-state index >= 15 is 0 Å². The maximum absolute atomic E-state index is 12.7. The van der Waals surface area contributed by atoms with Crippen LogP contribution in [0.1, 0.15) is 12.5 Å². The number of benzene rings is 2. The lowest BCUT2D eigenvalue weighted by atomic mass is 10.2. The molecular weight excluding hydrogens is 365 g/mol. The fraction of sp³-hybridized carbons (Fsp3) is 0.278. The minimum atomic E-state index is -4.40. The largest absolute Gasteiger partial charge is 0.497 e. The van der Waals surface area contributed by atoms with Crippen molar-refractivity contribution in [3.05, 3.63) is 54.1 Å². The Morgan fingerprint density at radius 3 is 2.38 bits per heavy atom. The van der Waals surface area contributed by atoms with Crippen LogP contribution in [0.5, 0.6) is 11.5 Å². The van der Waals surface area contributed by atoms with Gasteiger partial charge in [-0.25, -0.2) is 0 Å². The first kappa shape index (κ1) is 19.8. The highest BCUT2D eigenvalue weighted by Crippen LogP contribution is 2.30. The van der Waals surface area contributed by atoms with E-state index in [4.69, 9.17) is 21.7 Å². The Morgan fingerprint density at radius 2 is 1.77 bits per heavy atom. The van der Waals surface area contributed by atoms with Gasteiger partial charge in [-0.05, 0) is 61.6 Å². The predicted octanol–water partition coefficient (Wildman–Crippen LogP) is 4.47. The predicted molar refractivity (Wildman–Crippen MR) is 98.8 cm³/mol. The molecule has 0 fully saturated rings. The molecule has 26 heavy (non-hydrogen) atoms. The van der Waals surface area contributed by atoms with Crippen LogP contribution in [-0.4, -0.2) is 24.9 Å². The monoisotopic (exact) mass is 384 g/mol. The van der Waals surface area contributed by atoms with Gasteiger partial charge in [-0.3, -0.25) is 0 Å². The average molecular weight is 384 g/mol. The second kappa shape index (κ2) is 8.75. The van der Waals surface area contributed by atoms with E-state index in [-0.39, 0.29) is 16.8 Å². The number of nitrogens with one attached hydrogen (secondary N) is 2. The number of thiocarbonyl (C=S) groups is 1. The van der Waals surface area contributed by atoms with E-state index < -0.39 is 11.7 Å². The number of rotatable bonds is 6. The molecule has 0 aliphatic rings. The van der Waals surface area contributed by atoms with Crippen molar-refractivity contribution in [3.63, 3.8) is 0 Å². The Bertz CT molecular complexity index is 736. The van der Waals surface area contributed by atoms with Crippen LogP contribution in [0.3, 0.4) is 0 Å². The van der Waals surface area contributed by atoms with Gasteiger partial charge in [-0.15, -0.1) is 0 Å². The van der Waals surface area contributed by atoms with Crippen LogP contribution in [0.15, 0.2) is 48.5 Å². The fourth-order valence-corrected chi connectivity index (χ4v) is 2.42. The molecule has 1 atom stereocenters. The lowest BCUT2D eigenvalue weighted by molar-refractivity contribution is -0.137. The smallest absolute Gasteiger partial charge is 0.416 e. The molecule has 0 spiro atoms. The van der Waals surface area contributed by atoms with Crippen molar-refractivity contribution in [3.8, 4) is 11.5 Å². The summed E-state index contributed by atoms with van der Waals surface area (Å²) in [6.45, 7) is 2.18. The number of ether oxygens (including phenoxy) is 2. The molecule has 0 unspecified atom stereocenters. The standard InChI is InChI=1S/C18H19F3N2O2S/c1-12(11-25-16-8-6-15(24-2)7-9-16)22-17(26)23-14-5-3-4-13(10-14)18(19,20)21/h3-10,12H,11H2,1-2H3,(H2,22,23,26)/t12-/m0/s1. The van der Waals surface area contributed by atoms with Crippen molar-refractivity contribution < 1.29 is 22.6 Å². The number of anilines is 1. The molecule has 2 rings (SSSR count). The summed E-state index contributed by atoms with van der Waals surface area (Å²) in [7, 11) is 1.58.